The summed E-state index contributed by atoms with van der Waals surface area (Å²) in [6.07, 6.45) is 0. The largest absolute Gasteiger partial charge is 0.463 e. The van der Waals surface area contributed by atoms with Crippen molar-refractivity contribution < 1.29 is 18.7 Å². The minimum atomic E-state index is -0.709. The zero-order chi connectivity index (χ0) is 24.2. The molecule has 8 heteroatoms. The number of esters is 1. The maximum Gasteiger partial charge on any atom is 0.338 e. The van der Waals surface area contributed by atoms with E-state index in [1.807, 2.05) is 0 Å². The van der Waals surface area contributed by atoms with Crippen LogP contribution in [0.3, 0.4) is 0 Å². The average molecular weight is 467 g/mol. The standard InChI is InChI=1S/C26H31FN4O3/c1-4-34-25(32)23-21(28-26(33)29-24(23)19-8-10-20(27)11-9-19)16-30-12-14-31(15-13-30)22-7-5-6-17(2)18(22)3/h5-11,24H,4,12-16H2,1-3H3,(H2,28,29,33). The Balaban J connectivity index is 1.56. The van der Waals surface area contributed by atoms with Gasteiger partial charge < -0.3 is 20.3 Å². The van der Waals surface area contributed by atoms with Crippen molar-refractivity contribution in [3.63, 3.8) is 0 Å². The number of nitrogens with zero attached hydrogens (tertiary/aromatic N) is 2. The van der Waals surface area contributed by atoms with Crippen LogP contribution >= 0.6 is 0 Å². The summed E-state index contributed by atoms with van der Waals surface area (Å²) in [4.78, 5) is 30.0. The molecule has 4 rings (SSSR count). The van der Waals surface area contributed by atoms with Crippen molar-refractivity contribution in [3.05, 3.63) is 76.2 Å². The summed E-state index contributed by atoms with van der Waals surface area (Å²) in [6, 6.07) is 11.0. The number of nitrogens with one attached hydrogen (secondary N) is 2. The number of piperazine rings is 1. The van der Waals surface area contributed by atoms with E-state index >= 15 is 0 Å². The molecule has 1 unspecified atom stereocenters. The van der Waals surface area contributed by atoms with Crippen molar-refractivity contribution in [2.75, 3.05) is 44.2 Å². The molecule has 1 atom stereocenters. The van der Waals surface area contributed by atoms with Gasteiger partial charge in [0.25, 0.3) is 0 Å². The van der Waals surface area contributed by atoms with Crippen LogP contribution in [0.1, 0.15) is 29.7 Å². The molecule has 0 spiro atoms. The van der Waals surface area contributed by atoms with E-state index in [1.165, 1.54) is 28.9 Å². The SMILES string of the molecule is CCOC(=O)C1=C(CN2CCN(c3cccc(C)c3C)CC2)NC(=O)NC1c1ccc(F)cc1. The third-order valence-corrected chi connectivity index (χ3v) is 6.52. The first-order chi connectivity index (χ1) is 16.4. The topological polar surface area (TPSA) is 73.9 Å². The first-order valence-electron chi connectivity index (χ1n) is 11.6. The number of anilines is 1. The number of hydrogen-bond donors (Lipinski definition) is 2. The number of hydrogen-bond acceptors (Lipinski definition) is 5. The Morgan fingerprint density at radius 3 is 2.47 bits per heavy atom. The van der Waals surface area contributed by atoms with E-state index in [-0.39, 0.29) is 12.4 Å². The molecule has 2 aliphatic heterocycles. The maximum atomic E-state index is 13.5. The Kier molecular flexibility index (Phi) is 7.17. The van der Waals surface area contributed by atoms with Gasteiger partial charge in [0.2, 0.25) is 0 Å². The molecule has 2 aliphatic rings. The van der Waals surface area contributed by atoms with Crippen molar-refractivity contribution in [1.29, 1.82) is 0 Å². The van der Waals surface area contributed by atoms with E-state index in [2.05, 4.69) is 52.5 Å². The Labute approximate surface area is 199 Å². The van der Waals surface area contributed by atoms with Crippen LogP contribution in [0, 0.1) is 19.7 Å². The summed E-state index contributed by atoms with van der Waals surface area (Å²) in [5.74, 6) is -0.874. The van der Waals surface area contributed by atoms with Crippen LogP contribution in [0.4, 0.5) is 14.9 Å². The van der Waals surface area contributed by atoms with Gasteiger partial charge >= 0.3 is 12.0 Å². The van der Waals surface area contributed by atoms with E-state index in [0.717, 1.165) is 26.2 Å². The molecule has 2 heterocycles. The second kappa shape index (κ2) is 10.3. The number of benzene rings is 2. The number of carbonyl (C=O) groups is 2. The predicted molar refractivity (Wildman–Crippen MR) is 129 cm³/mol. The van der Waals surface area contributed by atoms with Gasteiger partial charge in [-0.05, 0) is 55.7 Å². The van der Waals surface area contributed by atoms with E-state index in [0.29, 0.717) is 23.4 Å². The number of rotatable bonds is 6. The van der Waals surface area contributed by atoms with Crippen LogP contribution in [0.2, 0.25) is 0 Å². The summed E-state index contributed by atoms with van der Waals surface area (Å²) in [6.45, 7) is 9.92. The lowest BCUT2D eigenvalue weighted by atomic mass is 9.95. The van der Waals surface area contributed by atoms with Crippen LogP contribution in [-0.4, -0.2) is 56.2 Å². The third kappa shape index (κ3) is 5.07. The molecular formula is C26H31FN4O3. The quantitative estimate of drug-likeness (QED) is 0.638. The second-order valence-electron chi connectivity index (χ2n) is 8.68. The molecule has 180 valence electrons. The van der Waals surface area contributed by atoms with Gasteiger partial charge in [-0.1, -0.05) is 24.3 Å². The molecular weight excluding hydrogens is 435 g/mol. The maximum absolute atomic E-state index is 13.5. The van der Waals surface area contributed by atoms with Crippen molar-refractivity contribution in [2.24, 2.45) is 0 Å². The van der Waals surface area contributed by atoms with Crippen LogP contribution in [0.25, 0.3) is 0 Å². The number of aryl methyl sites for hydroxylation is 1. The smallest absolute Gasteiger partial charge is 0.338 e. The van der Waals surface area contributed by atoms with Gasteiger partial charge in [0.05, 0.1) is 18.2 Å². The van der Waals surface area contributed by atoms with Gasteiger partial charge in [-0.3, -0.25) is 4.90 Å². The van der Waals surface area contributed by atoms with Crippen LogP contribution in [0.15, 0.2) is 53.7 Å². The first-order valence-corrected chi connectivity index (χ1v) is 11.6. The molecule has 34 heavy (non-hydrogen) atoms. The molecule has 2 N–H and O–H groups in total. The summed E-state index contributed by atoms with van der Waals surface area (Å²) in [7, 11) is 0. The highest BCUT2D eigenvalue weighted by Crippen LogP contribution is 2.29. The first kappa shape index (κ1) is 23.8. The fourth-order valence-electron chi connectivity index (χ4n) is 4.55. The molecule has 0 saturated carbocycles. The summed E-state index contributed by atoms with van der Waals surface area (Å²) in [5.41, 5.74) is 5.31. The van der Waals surface area contributed by atoms with Crippen molar-refractivity contribution in [1.82, 2.24) is 15.5 Å². The van der Waals surface area contributed by atoms with Gasteiger partial charge in [0, 0.05) is 44.1 Å². The molecule has 2 amide bonds. The highest BCUT2D eigenvalue weighted by Gasteiger charge is 2.34. The Morgan fingerprint density at radius 1 is 1.09 bits per heavy atom. The number of ether oxygens (including phenoxy) is 1. The van der Waals surface area contributed by atoms with Crippen molar-refractivity contribution in [3.8, 4) is 0 Å². The van der Waals surface area contributed by atoms with E-state index in [1.54, 1.807) is 19.1 Å². The number of halogens is 1. The van der Waals surface area contributed by atoms with Gasteiger partial charge in [0.15, 0.2) is 0 Å². The molecule has 2 aromatic rings. The Bertz CT molecular complexity index is 1090. The number of urea groups is 1. The molecule has 0 radical (unpaired) electrons. The minimum Gasteiger partial charge on any atom is -0.463 e. The molecule has 0 aromatic heterocycles. The van der Waals surface area contributed by atoms with E-state index < -0.39 is 18.0 Å². The van der Waals surface area contributed by atoms with Gasteiger partial charge in [-0.2, -0.15) is 0 Å². The normalized spacial score (nSPS) is 19.0. The lowest BCUT2D eigenvalue weighted by molar-refractivity contribution is -0.139. The highest BCUT2D eigenvalue weighted by molar-refractivity contribution is 5.95. The highest BCUT2D eigenvalue weighted by atomic mass is 19.1. The molecule has 0 aliphatic carbocycles. The molecule has 1 saturated heterocycles. The number of carbonyl (C=O) groups excluding carboxylic acids is 2. The molecule has 2 aromatic carbocycles. The van der Waals surface area contributed by atoms with Crippen molar-refractivity contribution in [2.45, 2.75) is 26.8 Å². The summed E-state index contributed by atoms with van der Waals surface area (Å²) >= 11 is 0. The Morgan fingerprint density at radius 2 is 1.79 bits per heavy atom. The van der Waals surface area contributed by atoms with Crippen LogP contribution < -0.4 is 15.5 Å². The lowest BCUT2D eigenvalue weighted by Gasteiger charge is -2.38. The fourth-order valence-corrected chi connectivity index (χ4v) is 4.55. The Hall–Kier alpha value is -3.39. The van der Waals surface area contributed by atoms with Gasteiger partial charge in [-0.25, -0.2) is 14.0 Å². The second-order valence-corrected chi connectivity index (χ2v) is 8.68. The zero-order valence-electron chi connectivity index (χ0n) is 19.9. The number of amides is 2. The van der Waals surface area contributed by atoms with E-state index in [9.17, 15) is 14.0 Å². The van der Waals surface area contributed by atoms with Crippen LogP contribution in [-0.2, 0) is 9.53 Å². The fraction of sp³-hybridized carbons (Fsp3) is 0.385. The average Bonchev–Trinajstić information content (AvgIpc) is 2.82. The lowest BCUT2D eigenvalue weighted by Crippen LogP contribution is -2.52. The summed E-state index contributed by atoms with van der Waals surface area (Å²) < 4.78 is 18.8. The minimum absolute atomic E-state index is 0.216. The monoisotopic (exact) mass is 466 g/mol. The van der Waals surface area contributed by atoms with Gasteiger partial charge in [-0.15, -0.1) is 0 Å². The molecule has 1 fully saturated rings. The zero-order valence-corrected chi connectivity index (χ0v) is 19.9. The summed E-state index contributed by atoms with van der Waals surface area (Å²) in [5, 5.41) is 5.61. The molecule has 0 bridgehead atoms. The third-order valence-electron chi connectivity index (χ3n) is 6.52. The van der Waals surface area contributed by atoms with E-state index in [4.69, 9.17) is 4.74 Å². The van der Waals surface area contributed by atoms with Crippen LogP contribution in [0.5, 0.6) is 0 Å². The van der Waals surface area contributed by atoms with Crippen molar-refractivity contribution >= 4 is 17.7 Å². The predicted octanol–water partition coefficient (Wildman–Crippen LogP) is 3.44. The molecule has 7 nitrogen and oxygen atoms in total. The van der Waals surface area contributed by atoms with Gasteiger partial charge in [0.1, 0.15) is 5.82 Å².